The van der Waals surface area contributed by atoms with Gasteiger partial charge in [0.25, 0.3) is 0 Å². The molecular formula is C30H58N2. The molecule has 188 valence electrons. The molecule has 0 aromatic heterocycles. The molecule has 0 bridgehead atoms. The van der Waals surface area contributed by atoms with Crippen molar-refractivity contribution in [1.29, 1.82) is 5.26 Å². The van der Waals surface area contributed by atoms with Crippen molar-refractivity contribution in [3.05, 3.63) is 12.2 Å². The van der Waals surface area contributed by atoms with Gasteiger partial charge in [-0.1, -0.05) is 129 Å². The summed E-state index contributed by atoms with van der Waals surface area (Å²) in [7, 11) is 0. The van der Waals surface area contributed by atoms with Crippen LogP contribution in [0.15, 0.2) is 12.2 Å². The number of nitriles is 1. The highest BCUT2D eigenvalue weighted by molar-refractivity contribution is 4.90. The highest BCUT2D eigenvalue weighted by Gasteiger charge is 2.13. The largest absolute Gasteiger partial charge is 0.302 e. The Labute approximate surface area is 203 Å². The van der Waals surface area contributed by atoms with Gasteiger partial charge in [0.05, 0.1) is 12.0 Å². The van der Waals surface area contributed by atoms with Crippen LogP contribution in [0.1, 0.15) is 149 Å². The first-order valence-corrected chi connectivity index (χ1v) is 14.4. The van der Waals surface area contributed by atoms with E-state index in [1.807, 2.05) is 0 Å². The summed E-state index contributed by atoms with van der Waals surface area (Å²) in [6.45, 7) is 14.0. The van der Waals surface area contributed by atoms with Gasteiger partial charge in [-0.05, 0) is 32.7 Å². The first kappa shape index (κ1) is 31.2. The van der Waals surface area contributed by atoms with E-state index in [9.17, 15) is 5.26 Å². The fourth-order valence-electron chi connectivity index (χ4n) is 4.50. The SMILES string of the molecule is C=C(C)CCN(CCCCCCCCCCCC)CC(C#N)CCCCCCCCCC. The van der Waals surface area contributed by atoms with Crippen molar-refractivity contribution >= 4 is 0 Å². The second-order valence-electron chi connectivity index (χ2n) is 10.3. The number of hydrogen-bond acceptors (Lipinski definition) is 2. The van der Waals surface area contributed by atoms with Crippen LogP contribution in [-0.2, 0) is 0 Å². The fourth-order valence-corrected chi connectivity index (χ4v) is 4.50. The van der Waals surface area contributed by atoms with Crippen LogP contribution in [0.4, 0.5) is 0 Å². The van der Waals surface area contributed by atoms with Crippen molar-refractivity contribution < 1.29 is 0 Å². The Hall–Kier alpha value is -0.810. The van der Waals surface area contributed by atoms with E-state index in [0.29, 0.717) is 0 Å². The Morgan fingerprint density at radius 1 is 0.688 bits per heavy atom. The summed E-state index contributed by atoms with van der Waals surface area (Å²) < 4.78 is 0. The minimum atomic E-state index is 0.198. The molecule has 2 heteroatoms. The van der Waals surface area contributed by atoms with E-state index in [1.54, 1.807) is 0 Å². The molecule has 0 rings (SSSR count). The Morgan fingerprint density at radius 3 is 1.56 bits per heavy atom. The van der Waals surface area contributed by atoms with Crippen molar-refractivity contribution in [1.82, 2.24) is 4.90 Å². The standard InChI is InChI=1S/C30H58N2/c1-5-7-9-11-13-15-16-18-20-22-25-32(26-24-29(3)4)28-30(27-31)23-21-19-17-14-12-10-8-6-2/h30H,3,5-26,28H2,1-2,4H3. The minimum Gasteiger partial charge on any atom is -0.302 e. The summed E-state index contributed by atoms with van der Waals surface area (Å²) in [5.74, 6) is 0.198. The number of unbranched alkanes of at least 4 members (excludes halogenated alkanes) is 16. The molecule has 0 aliphatic rings. The van der Waals surface area contributed by atoms with Gasteiger partial charge in [-0.3, -0.25) is 0 Å². The van der Waals surface area contributed by atoms with Gasteiger partial charge in [0, 0.05) is 13.1 Å². The minimum absolute atomic E-state index is 0.198. The lowest BCUT2D eigenvalue weighted by molar-refractivity contribution is 0.240. The van der Waals surface area contributed by atoms with E-state index in [2.05, 4.69) is 38.3 Å². The lowest BCUT2D eigenvalue weighted by atomic mass is 10.00. The molecule has 0 radical (unpaired) electrons. The topological polar surface area (TPSA) is 27.0 Å². The van der Waals surface area contributed by atoms with Gasteiger partial charge in [0.1, 0.15) is 0 Å². The molecule has 1 atom stereocenters. The third-order valence-corrected chi connectivity index (χ3v) is 6.75. The molecular weight excluding hydrogens is 388 g/mol. The van der Waals surface area contributed by atoms with E-state index >= 15 is 0 Å². The molecule has 0 heterocycles. The Balaban J connectivity index is 4.00. The maximum Gasteiger partial charge on any atom is 0.0669 e. The first-order valence-electron chi connectivity index (χ1n) is 14.4. The van der Waals surface area contributed by atoms with E-state index in [1.165, 1.54) is 121 Å². The summed E-state index contributed by atoms with van der Waals surface area (Å²) >= 11 is 0. The molecule has 2 nitrogen and oxygen atoms in total. The van der Waals surface area contributed by atoms with Crippen molar-refractivity contribution in [2.24, 2.45) is 5.92 Å². The Bertz CT molecular complexity index is 437. The molecule has 0 saturated carbocycles. The van der Waals surface area contributed by atoms with Gasteiger partial charge in [0.15, 0.2) is 0 Å². The predicted molar refractivity (Wildman–Crippen MR) is 144 cm³/mol. The Kier molecular flexibility index (Phi) is 24.2. The molecule has 0 aliphatic heterocycles. The molecule has 0 saturated heterocycles. The molecule has 0 aromatic carbocycles. The van der Waals surface area contributed by atoms with Crippen LogP contribution in [0.25, 0.3) is 0 Å². The van der Waals surface area contributed by atoms with Crippen LogP contribution in [0, 0.1) is 17.2 Å². The van der Waals surface area contributed by atoms with Crippen molar-refractivity contribution in [2.75, 3.05) is 19.6 Å². The molecule has 32 heavy (non-hydrogen) atoms. The maximum absolute atomic E-state index is 9.70. The maximum atomic E-state index is 9.70. The van der Waals surface area contributed by atoms with Crippen LogP contribution < -0.4 is 0 Å². The molecule has 0 amide bonds. The highest BCUT2D eigenvalue weighted by Crippen LogP contribution is 2.16. The summed E-state index contributed by atoms with van der Waals surface area (Å²) in [5, 5.41) is 9.70. The smallest absolute Gasteiger partial charge is 0.0669 e. The number of nitrogens with zero attached hydrogens (tertiary/aromatic N) is 2. The predicted octanol–water partition coefficient (Wildman–Crippen LogP) is 9.85. The van der Waals surface area contributed by atoms with Crippen LogP contribution >= 0.6 is 0 Å². The van der Waals surface area contributed by atoms with Crippen molar-refractivity contribution in [3.63, 3.8) is 0 Å². The van der Waals surface area contributed by atoms with Crippen molar-refractivity contribution in [3.8, 4) is 6.07 Å². The van der Waals surface area contributed by atoms with Gasteiger partial charge in [-0.2, -0.15) is 5.26 Å². The van der Waals surface area contributed by atoms with Crippen LogP contribution in [-0.4, -0.2) is 24.5 Å². The quantitative estimate of drug-likeness (QED) is 0.103. The number of hydrogen-bond donors (Lipinski definition) is 0. The van der Waals surface area contributed by atoms with Gasteiger partial charge >= 0.3 is 0 Å². The zero-order valence-corrected chi connectivity index (χ0v) is 22.4. The average molecular weight is 447 g/mol. The molecule has 0 fully saturated rings. The normalized spacial score (nSPS) is 12.2. The third-order valence-electron chi connectivity index (χ3n) is 6.75. The highest BCUT2D eigenvalue weighted by atomic mass is 15.1. The lowest BCUT2D eigenvalue weighted by Gasteiger charge is -2.25. The average Bonchev–Trinajstić information content (AvgIpc) is 2.79. The van der Waals surface area contributed by atoms with Crippen molar-refractivity contribution in [2.45, 2.75) is 149 Å². The molecule has 0 aliphatic carbocycles. The summed E-state index contributed by atoms with van der Waals surface area (Å²) in [6, 6.07) is 2.61. The van der Waals surface area contributed by atoms with E-state index < -0.39 is 0 Å². The van der Waals surface area contributed by atoms with Gasteiger partial charge in [-0.25, -0.2) is 0 Å². The lowest BCUT2D eigenvalue weighted by Crippen LogP contribution is -2.31. The van der Waals surface area contributed by atoms with Crippen LogP contribution in [0.2, 0.25) is 0 Å². The zero-order valence-electron chi connectivity index (χ0n) is 22.4. The van der Waals surface area contributed by atoms with Gasteiger partial charge in [-0.15, -0.1) is 6.58 Å². The summed E-state index contributed by atoms with van der Waals surface area (Å²) in [5.41, 5.74) is 1.26. The van der Waals surface area contributed by atoms with Gasteiger partial charge < -0.3 is 4.90 Å². The summed E-state index contributed by atoms with van der Waals surface area (Å²) in [6.07, 6.45) is 26.7. The second-order valence-corrected chi connectivity index (χ2v) is 10.3. The molecule has 0 N–H and O–H groups in total. The number of rotatable bonds is 25. The van der Waals surface area contributed by atoms with E-state index in [-0.39, 0.29) is 5.92 Å². The first-order chi connectivity index (χ1) is 15.6. The second kappa shape index (κ2) is 24.8. The van der Waals surface area contributed by atoms with Gasteiger partial charge in [0.2, 0.25) is 0 Å². The molecule has 0 aromatic rings. The van der Waals surface area contributed by atoms with Crippen LogP contribution in [0.5, 0.6) is 0 Å². The fraction of sp³-hybridized carbons (Fsp3) is 0.900. The third kappa shape index (κ3) is 22.4. The van der Waals surface area contributed by atoms with E-state index in [0.717, 1.165) is 32.5 Å². The molecule has 0 spiro atoms. The zero-order chi connectivity index (χ0) is 23.7. The summed E-state index contributed by atoms with van der Waals surface area (Å²) in [4.78, 5) is 2.55. The monoisotopic (exact) mass is 446 g/mol. The molecule has 1 unspecified atom stereocenters. The Morgan fingerprint density at radius 2 is 1.12 bits per heavy atom. The van der Waals surface area contributed by atoms with Crippen LogP contribution in [0.3, 0.4) is 0 Å². The van der Waals surface area contributed by atoms with E-state index in [4.69, 9.17) is 0 Å².